The zero-order chi connectivity index (χ0) is 19.4. The van der Waals surface area contributed by atoms with Crippen LogP contribution in [0.3, 0.4) is 0 Å². The predicted octanol–water partition coefficient (Wildman–Crippen LogP) is 4.30. The first kappa shape index (κ1) is 19.6. The van der Waals surface area contributed by atoms with Gasteiger partial charge in [-0.3, -0.25) is 0 Å². The molecular weight excluding hydrogens is 362 g/mol. The van der Waals surface area contributed by atoms with Gasteiger partial charge in [0.1, 0.15) is 23.8 Å². The number of benzene rings is 2. The Balaban J connectivity index is 1.57. The molecule has 0 saturated heterocycles. The number of hydrogen-bond donors (Lipinski definition) is 2. The number of hydrogen-bond acceptors (Lipinski definition) is 3. The highest BCUT2D eigenvalue weighted by Gasteiger charge is 2.33. The topological polar surface area (TPSA) is 41.5 Å². The van der Waals surface area contributed by atoms with Crippen LogP contribution in [0.25, 0.3) is 0 Å². The number of alkyl halides is 3. The maximum Gasteiger partial charge on any atom is 0.416 e. The fourth-order valence-corrected chi connectivity index (χ4v) is 3.27. The fraction of sp³-hybridized carbons (Fsp3) is 0.400. The van der Waals surface area contributed by atoms with Crippen molar-refractivity contribution >= 4 is 0 Å². The molecule has 0 bridgehead atoms. The molecule has 1 fully saturated rings. The Morgan fingerprint density at radius 1 is 1.07 bits per heavy atom. The summed E-state index contributed by atoms with van der Waals surface area (Å²) < 4.78 is 56.8. The molecule has 0 amide bonds. The molecular formula is C20H21F4NO2. The van der Waals surface area contributed by atoms with Crippen LogP contribution in [0.2, 0.25) is 0 Å². The molecule has 0 radical (unpaired) electrons. The lowest BCUT2D eigenvalue weighted by atomic mass is 9.89. The average molecular weight is 383 g/mol. The molecule has 3 rings (SSSR count). The molecule has 0 heterocycles. The van der Waals surface area contributed by atoms with Gasteiger partial charge in [0.25, 0.3) is 0 Å². The van der Waals surface area contributed by atoms with E-state index >= 15 is 0 Å². The standard InChI is InChI=1S/C20H21F4NO2/c21-15-3-1-4-16(11-15)27-18-6-2-5-17(19(18)26)25-12-13-7-9-14(10-8-13)20(22,23)24/h1,3-4,7-11,17-19,25-26H,2,5-6,12H2/t17-,18+,19+/m0/s1. The number of rotatable bonds is 5. The largest absolute Gasteiger partial charge is 0.488 e. The Morgan fingerprint density at radius 3 is 2.48 bits per heavy atom. The zero-order valence-electron chi connectivity index (χ0n) is 14.5. The summed E-state index contributed by atoms with van der Waals surface area (Å²) in [7, 11) is 0. The summed E-state index contributed by atoms with van der Waals surface area (Å²) in [6.45, 7) is 0.340. The Hall–Kier alpha value is -2.12. The second-order valence-corrected chi connectivity index (χ2v) is 6.72. The molecule has 1 aliphatic rings. The van der Waals surface area contributed by atoms with Gasteiger partial charge in [-0.05, 0) is 49.1 Å². The fourth-order valence-electron chi connectivity index (χ4n) is 3.27. The van der Waals surface area contributed by atoms with Crippen molar-refractivity contribution in [3.8, 4) is 5.75 Å². The quantitative estimate of drug-likeness (QED) is 0.757. The molecule has 1 saturated carbocycles. The highest BCUT2D eigenvalue weighted by Crippen LogP contribution is 2.29. The van der Waals surface area contributed by atoms with Gasteiger partial charge >= 0.3 is 6.18 Å². The van der Waals surface area contributed by atoms with E-state index in [-0.39, 0.29) is 6.04 Å². The average Bonchev–Trinajstić information content (AvgIpc) is 2.62. The smallest absolute Gasteiger partial charge is 0.416 e. The predicted molar refractivity (Wildman–Crippen MR) is 92.7 cm³/mol. The van der Waals surface area contributed by atoms with Gasteiger partial charge in [0.05, 0.1) is 5.56 Å². The minimum Gasteiger partial charge on any atom is -0.488 e. The maximum atomic E-state index is 13.3. The lowest BCUT2D eigenvalue weighted by molar-refractivity contribution is -0.137. The van der Waals surface area contributed by atoms with Crippen LogP contribution >= 0.6 is 0 Å². The summed E-state index contributed by atoms with van der Waals surface area (Å²) in [5.74, 6) is -0.0442. The third-order valence-corrected chi connectivity index (χ3v) is 4.73. The minimum atomic E-state index is -4.35. The lowest BCUT2D eigenvalue weighted by Crippen LogP contribution is -2.50. The summed E-state index contributed by atoms with van der Waals surface area (Å²) in [4.78, 5) is 0. The molecule has 0 unspecified atom stereocenters. The van der Waals surface area contributed by atoms with Gasteiger partial charge in [-0.1, -0.05) is 18.2 Å². The molecule has 27 heavy (non-hydrogen) atoms. The third kappa shape index (κ3) is 5.20. The second-order valence-electron chi connectivity index (χ2n) is 6.72. The zero-order valence-corrected chi connectivity index (χ0v) is 14.5. The molecule has 7 heteroatoms. The van der Waals surface area contributed by atoms with E-state index in [1.807, 2.05) is 0 Å². The van der Waals surface area contributed by atoms with Crippen LogP contribution in [0.1, 0.15) is 30.4 Å². The number of halogens is 4. The van der Waals surface area contributed by atoms with E-state index in [1.54, 1.807) is 12.1 Å². The van der Waals surface area contributed by atoms with E-state index in [4.69, 9.17) is 4.74 Å². The molecule has 3 nitrogen and oxygen atoms in total. The van der Waals surface area contributed by atoms with Crippen molar-refractivity contribution in [1.82, 2.24) is 5.32 Å². The number of aliphatic hydroxyl groups is 1. The van der Waals surface area contributed by atoms with Gasteiger partial charge in [0.15, 0.2) is 0 Å². The number of nitrogens with one attached hydrogen (secondary N) is 1. The molecule has 2 aromatic carbocycles. The van der Waals surface area contributed by atoms with Crippen molar-refractivity contribution in [2.45, 2.75) is 50.2 Å². The van der Waals surface area contributed by atoms with Crippen LogP contribution in [0.5, 0.6) is 5.75 Å². The van der Waals surface area contributed by atoms with Crippen molar-refractivity contribution in [3.63, 3.8) is 0 Å². The van der Waals surface area contributed by atoms with Crippen molar-refractivity contribution < 1.29 is 27.4 Å². The molecule has 2 N–H and O–H groups in total. The molecule has 3 atom stereocenters. The van der Waals surface area contributed by atoms with E-state index in [2.05, 4.69) is 5.32 Å². The molecule has 146 valence electrons. The lowest BCUT2D eigenvalue weighted by Gasteiger charge is -2.35. The van der Waals surface area contributed by atoms with Gasteiger partial charge in [-0.2, -0.15) is 13.2 Å². The first-order valence-corrected chi connectivity index (χ1v) is 8.83. The number of aliphatic hydroxyl groups excluding tert-OH is 1. The van der Waals surface area contributed by atoms with E-state index < -0.39 is 29.8 Å². The van der Waals surface area contributed by atoms with Crippen LogP contribution in [-0.2, 0) is 12.7 Å². The van der Waals surface area contributed by atoms with E-state index in [9.17, 15) is 22.7 Å². The van der Waals surface area contributed by atoms with Gasteiger partial charge in [-0.15, -0.1) is 0 Å². The highest BCUT2D eigenvalue weighted by molar-refractivity contribution is 5.25. The van der Waals surface area contributed by atoms with E-state index in [0.717, 1.165) is 25.0 Å². The summed E-state index contributed by atoms with van der Waals surface area (Å²) in [5, 5.41) is 13.7. The first-order chi connectivity index (χ1) is 12.8. The Morgan fingerprint density at radius 2 is 1.81 bits per heavy atom. The SMILES string of the molecule is O[C@@H]1[C@@H](NCc2ccc(C(F)(F)F)cc2)CCC[C@H]1Oc1cccc(F)c1. The van der Waals surface area contributed by atoms with Gasteiger partial charge < -0.3 is 15.2 Å². The van der Waals surface area contributed by atoms with Crippen molar-refractivity contribution in [1.29, 1.82) is 0 Å². The molecule has 1 aliphatic carbocycles. The minimum absolute atomic E-state index is 0.250. The molecule has 0 aromatic heterocycles. The van der Waals surface area contributed by atoms with Crippen LogP contribution < -0.4 is 10.1 Å². The van der Waals surface area contributed by atoms with Crippen LogP contribution in [0, 0.1) is 5.82 Å². The van der Waals surface area contributed by atoms with Crippen LogP contribution in [0.15, 0.2) is 48.5 Å². The van der Waals surface area contributed by atoms with Crippen LogP contribution in [-0.4, -0.2) is 23.4 Å². The Labute approximate surface area is 155 Å². The summed E-state index contributed by atoms with van der Waals surface area (Å²) in [6, 6.07) is 10.4. The Kier molecular flexibility index (Phi) is 6.01. The van der Waals surface area contributed by atoms with Gasteiger partial charge in [0.2, 0.25) is 0 Å². The van der Waals surface area contributed by atoms with Gasteiger partial charge in [-0.25, -0.2) is 4.39 Å². The molecule has 0 aliphatic heterocycles. The summed E-state index contributed by atoms with van der Waals surface area (Å²) in [6.07, 6.45) is -3.42. The normalized spacial score (nSPS) is 23.2. The monoisotopic (exact) mass is 383 g/mol. The van der Waals surface area contributed by atoms with E-state index in [1.165, 1.54) is 24.3 Å². The Bertz CT molecular complexity index is 748. The summed E-state index contributed by atoms with van der Waals surface area (Å²) in [5.41, 5.74) is 0.0101. The van der Waals surface area contributed by atoms with Crippen LogP contribution in [0.4, 0.5) is 17.6 Å². The highest BCUT2D eigenvalue weighted by atomic mass is 19.4. The molecule has 2 aromatic rings. The summed E-state index contributed by atoms with van der Waals surface area (Å²) >= 11 is 0. The first-order valence-electron chi connectivity index (χ1n) is 8.83. The maximum absolute atomic E-state index is 13.3. The third-order valence-electron chi connectivity index (χ3n) is 4.73. The van der Waals surface area contributed by atoms with Gasteiger partial charge in [0, 0.05) is 18.7 Å². The van der Waals surface area contributed by atoms with E-state index in [0.29, 0.717) is 24.3 Å². The molecule has 0 spiro atoms. The second kappa shape index (κ2) is 8.27. The van der Waals surface area contributed by atoms with Crippen molar-refractivity contribution in [2.75, 3.05) is 0 Å². The van der Waals surface area contributed by atoms with Crippen molar-refractivity contribution in [2.24, 2.45) is 0 Å². The van der Waals surface area contributed by atoms with Crippen molar-refractivity contribution in [3.05, 3.63) is 65.5 Å². The number of ether oxygens (including phenoxy) is 1.